The average molecular weight is 385 g/mol. The minimum atomic E-state index is -0.410. The van der Waals surface area contributed by atoms with Gasteiger partial charge in [-0.05, 0) is 47.1 Å². The van der Waals surface area contributed by atoms with E-state index in [1.54, 1.807) is 23.2 Å². The number of carbonyl (C=O) groups is 2. The third-order valence-electron chi connectivity index (χ3n) is 3.39. The lowest BCUT2D eigenvalue weighted by Gasteiger charge is -2.32. The van der Waals surface area contributed by atoms with Crippen molar-refractivity contribution in [2.24, 2.45) is 0 Å². The maximum absolute atomic E-state index is 12.6. The van der Waals surface area contributed by atoms with E-state index in [1.165, 1.54) is 11.3 Å². The fraction of sp³-hybridized carbons (Fsp3) is 0.286. The summed E-state index contributed by atoms with van der Waals surface area (Å²) in [5.74, 6) is -0.155. The molecule has 2 aromatic heterocycles. The van der Waals surface area contributed by atoms with E-state index in [4.69, 9.17) is 0 Å². The highest BCUT2D eigenvalue weighted by atomic mass is 79.9. The molecule has 1 fully saturated rings. The highest BCUT2D eigenvalue weighted by Crippen LogP contribution is 2.36. The molecular weight excluding hydrogens is 372 g/mol. The summed E-state index contributed by atoms with van der Waals surface area (Å²) in [7, 11) is 0. The number of nitrogens with one attached hydrogen (secondary N) is 1. The van der Waals surface area contributed by atoms with Crippen molar-refractivity contribution >= 4 is 50.4 Å². The summed E-state index contributed by atoms with van der Waals surface area (Å²) in [5.41, 5.74) is 0. The van der Waals surface area contributed by atoms with Crippen molar-refractivity contribution in [3.8, 4) is 9.75 Å². The second kappa shape index (κ2) is 5.90. The Balaban J connectivity index is 1.82. The van der Waals surface area contributed by atoms with Gasteiger partial charge >= 0.3 is 0 Å². The molecule has 0 aliphatic carbocycles. The molecule has 0 saturated carbocycles. The largest absolute Gasteiger partial charge is 0.353 e. The van der Waals surface area contributed by atoms with E-state index in [9.17, 15) is 9.59 Å². The quantitative estimate of drug-likeness (QED) is 0.863. The summed E-state index contributed by atoms with van der Waals surface area (Å²) in [4.78, 5) is 28.7. The molecule has 0 unspecified atom stereocenters. The molecule has 0 aromatic carbocycles. The summed E-state index contributed by atoms with van der Waals surface area (Å²) < 4.78 is 1.07. The molecule has 1 N–H and O–H groups in total. The van der Waals surface area contributed by atoms with Crippen molar-refractivity contribution in [3.63, 3.8) is 0 Å². The van der Waals surface area contributed by atoms with Gasteiger partial charge in [-0.25, -0.2) is 0 Å². The first-order valence-electron chi connectivity index (χ1n) is 6.50. The van der Waals surface area contributed by atoms with Crippen LogP contribution in [0.1, 0.15) is 16.6 Å². The molecule has 3 rings (SSSR count). The van der Waals surface area contributed by atoms with E-state index in [0.717, 1.165) is 13.5 Å². The number of piperazine rings is 1. The van der Waals surface area contributed by atoms with Crippen LogP contribution in [0.4, 0.5) is 0 Å². The normalized spacial score (nSPS) is 18.7. The van der Waals surface area contributed by atoms with Gasteiger partial charge in [-0.15, -0.1) is 22.7 Å². The lowest BCUT2D eigenvalue weighted by atomic mass is 10.2. The van der Waals surface area contributed by atoms with Gasteiger partial charge in [0.15, 0.2) is 0 Å². The Hall–Kier alpha value is -1.18. The van der Waals surface area contributed by atoms with E-state index >= 15 is 0 Å². The highest BCUT2D eigenvalue weighted by Gasteiger charge is 2.30. The molecule has 1 saturated heterocycles. The van der Waals surface area contributed by atoms with Crippen LogP contribution in [0.5, 0.6) is 0 Å². The Morgan fingerprint density at radius 1 is 1.29 bits per heavy atom. The molecule has 0 bridgehead atoms. The van der Waals surface area contributed by atoms with Crippen LogP contribution in [0.15, 0.2) is 28.1 Å². The summed E-state index contributed by atoms with van der Waals surface area (Å²) >= 11 is 6.56. The van der Waals surface area contributed by atoms with Crippen LogP contribution in [0.3, 0.4) is 0 Å². The van der Waals surface area contributed by atoms with Crippen molar-refractivity contribution < 1.29 is 9.59 Å². The average Bonchev–Trinajstić information content (AvgIpc) is 3.09. The van der Waals surface area contributed by atoms with Crippen LogP contribution in [0.2, 0.25) is 0 Å². The topological polar surface area (TPSA) is 49.4 Å². The van der Waals surface area contributed by atoms with Gasteiger partial charge in [-0.1, -0.05) is 0 Å². The van der Waals surface area contributed by atoms with Crippen LogP contribution in [0.25, 0.3) is 9.75 Å². The number of hydrogen-bond donors (Lipinski definition) is 1. The van der Waals surface area contributed by atoms with Crippen LogP contribution >= 0.6 is 38.6 Å². The maximum atomic E-state index is 12.6. The minimum Gasteiger partial charge on any atom is -0.353 e. The first-order valence-corrected chi connectivity index (χ1v) is 8.93. The number of nitrogens with zero attached hydrogens (tertiary/aromatic N) is 1. The fourth-order valence-corrected chi connectivity index (χ4v) is 4.67. The Morgan fingerprint density at radius 3 is 2.71 bits per heavy atom. The number of halogens is 1. The molecule has 0 radical (unpaired) electrons. The number of rotatable bonds is 2. The molecule has 1 aliphatic heterocycles. The van der Waals surface area contributed by atoms with E-state index in [-0.39, 0.29) is 11.8 Å². The van der Waals surface area contributed by atoms with Gasteiger partial charge in [0.25, 0.3) is 5.91 Å². The first kappa shape index (κ1) is 14.7. The van der Waals surface area contributed by atoms with Crippen molar-refractivity contribution in [1.29, 1.82) is 0 Å². The third-order valence-corrected chi connectivity index (χ3v) is 6.29. The lowest BCUT2D eigenvalue weighted by Crippen LogP contribution is -2.55. The molecule has 2 amide bonds. The predicted molar refractivity (Wildman–Crippen MR) is 88.8 cm³/mol. The van der Waals surface area contributed by atoms with E-state index < -0.39 is 6.04 Å². The summed E-state index contributed by atoms with van der Waals surface area (Å²) in [5, 5.41) is 2.77. The monoisotopic (exact) mass is 384 g/mol. The number of amides is 2. The summed E-state index contributed by atoms with van der Waals surface area (Å²) in [6.07, 6.45) is 0. The van der Waals surface area contributed by atoms with Crippen LogP contribution in [-0.4, -0.2) is 35.8 Å². The van der Waals surface area contributed by atoms with E-state index in [2.05, 4.69) is 21.2 Å². The molecule has 21 heavy (non-hydrogen) atoms. The lowest BCUT2D eigenvalue weighted by molar-refractivity contribution is -0.127. The fourth-order valence-electron chi connectivity index (χ4n) is 2.23. The van der Waals surface area contributed by atoms with Gasteiger partial charge in [0.1, 0.15) is 6.04 Å². The molecule has 110 valence electrons. The van der Waals surface area contributed by atoms with Crippen LogP contribution in [0, 0.1) is 0 Å². The Kier molecular flexibility index (Phi) is 4.14. The SMILES string of the molecule is C[C@H]1C(=O)NCCN1C(=O)c1ccc(-c2ccc(Br)s2)s1. The summed E-state index contributed by atoms with van der Waals surface area (Å²) in [6.45, 7) is 2.84. The van der Waals surface area contributed by atoms with Crippen molar-refractivity contribution in [3.05, 3.63) is 32.9 Å². The molecule has 3 heterocycles. The minimum absolute atomic E-state index is 0.0655. The molecule has 1 aliphatic rings. The number of carbonyl (C=O) groups excluding carboxylic acids is 2. The van der Waals surface area contributed by atoms with Gasteiger partial charge in [-0.3, -0.25) is 9.59 Å². The Labute approximate surface area is 138 Å². The predicted octanol–water partition coefficient (Wildman–Crippen LogP) is 3.20. The molecule has 7 heteroatoms. The smallest absolute Gasteiger partial charge is 0.264 e. The van der Waals surface area contributed by atoms with Crippen molar-refractivity contribution in [2.75, 3.05) is 13.1 Å². The molecule has 2 aromatic rings. The molecular formula is C14H13BrN2O2S2. The van der Waals surface area contributed by atoms with Crippen LogP contribution < -0.4 is 5.32 Å². The maximum Gasteiger partial charge on any atom is 0.264 e. The van der Waals surface area contributed by atoms with E-state index in [1.807, 2.05) is 24.3 Å². The zero-order valence-corrected chi connectivity index (χ0v) is 14.5. The zero-order valence-electron chi connectivity index (χ0n) is 11.3. The van der Waals surface area contributed by atoms with Crippen molar-refractivity contribution in [2.45, 2.75) is 13.0 Å². The zero-order chi connectivity index (χ0) is 15.0. The highest BCUT2D eigenvalue weighted by molar-refractivity contribution is 9.11. The summed E-state index contributed by atoms with van der Waals surface area (Å²) in [6, 6.07) is 7.43. The first-order chi connectivity index (χ1) is 10.1. The van der Waals surface area contributed by atoms with Gasteiger partial charge in [-0.2, -0.15) is 0 Å². The van der Waals surface area contributed by atoms with Gasteiger partial charge in [0.2, 0.25) is 5.91 Å². The number of hydrogen-bond acceptors (Lipinski definition) is 4. The Bertz CT molecular complexity index is 695. The Morgan fingerprint density at radius 2 is 2.00 bits per heavy atom. The van der Waals surface area contributed by atoms with Crippen molar-refractivity contribution in [1.82, 2.24) is 10.2 Å². The van der Waals surface area contributed by atoms with Crippen LogP contribution in [-0.2, 0) is 4.79 Å². The van der Waals surface area contributed by atoms with Gasteiger partial charge in [0, 0.05) is 22.8 Å². The third kappa shape index (κ3) is 2.90. The second-order valence-electron chi connectivity index (χ2n) is 4.73. The standard InChI is InChI=1S/C14H13BrN2O2S2/c1-8-13(18)16-6-7-17(8)14(19)11-3-2-9(20-11)10-4-5-12(15)21-10/h2-5,8H,6-7H2,1H3,(H,16,18)/t8-/m0/s1. The second-order valence-corrected chi connectivity index (χ2v) is 8.28. The molecule has 4 nitrogen and oxygen atoms in total. The van der Waals surface area contributed by atoms with E-state index in [0.29, 0.717) is 18.0 Å². The van der Waals surface area contributed by atoms with Gasteiger partial charge in [0.05, 0.1) is 8.66 Å². The molecule has 1 atom stereocenters. The number of thiophene rings is 2. The van der Waals surface area contributed by atoms with Gasteiger partial charge < -0.3 is 10.2 Å². The molecule has 0 spiro atoms.